The molecule has 0 radical (unpaired) electrons. The average molecular weight is 453 g/mol. The number of nitrogen functional groups attached to an aromatic ring is 1. The molecule has 0 amide bonds. The molecule has 4 rings (SSSR count). The van der Waals surface area contributed by atoms with Crippen LogP contribution in [0.2, 0.25) is 0 Å². The van der Waals surface area contributed by atoms with Crippen molar-refractivity contribution in [1.29, 1.82) is 0 Å². The van der Waals surface area contributed by atoms with E-state index in [0.717, 1.165) is 42.1 Å². The smallest absolute Gasteiger partial charge is 0.125 e. The maximum absolute atomic E-state index is 11.2. The third kappa shape index (κ3) is 6.95. The lowest BCUT2D eigenvalue weighted by molar-refractivity contribution is 0.106. The zero-order valence-corrected chi connectivity index (χ0v) is 19.4. The summed E-state index contributed by atoms with van der Waals surface area (Å²) in [6.07, 6.45) is 0.216. The summed E-state index contributed by atoms with van der Waals surface area (Å²) < 4.78 is 6.09. The Kier molecular flexibility index (Phi) is 8.33. The Balaban J connectivity index is 1.45. The van der Waals surface area contributed by atoms with Crippen LogP contribution in [-0.2, 0) is 19.6 Å². The molecule has 4 aromatic rings. The lowest BCUT2D eigenvalue weighted by atomic mass is 10.1. The number of ether oxygens (including phenoxy) is 1. The molecular weight excluding hydrogens is 420 g/mol. The summed E-state index contributed by atoms with van der Waals surface area (Å²) >= 11 is 0. The van der Waals surface area contributed by atoms with Crippen LogP contribution in [0.15, 0.2) is 109 Å². The molecular formula is C30H32N2O2. The first-order chi connectivity index (χ1) is 16.7. The Labute approximate surface area is 202 Å². The Morgan fingerprint density at radius 1 is 0.706 bits per heavy atom. The SMILES string of the molecule is Nc1ccc(CCN(Cc2ccccc2)CC(O)c2ccccc2OCc2ccccc2)cc1. The molecule has 0 saturated carbocycles. The van der Waals surface area contributed by atoms with Gasteiger partial charge in [-0.05, 0) is 41.3 Å². The molecule has 0 fully saturated rings. The predicted octanol–water partition coefficient (Wildman–Crippen LogP) is 5.63. The monoisotopic (exact) mass is 452 g/mol. The summed E-state index contributed by atoms with van der Waals surface area (Å²) in [5.41, 5.74) is 11.0. The maximum atomic E-state index is 11.2. The molecule has 174 valence electrons. The molecule has 0 aliphatic heterocycles. The summed E-state index contributed by atoms with van der Waals surface area (Å²) in [6, 6.07) is 36.2. The van der Waals surface area contributed by atoms with E-state index in [2.05, 4.69) is 41.3 Å². The van der Waals surface area contributed by atoms with E-state index in [1.54, 1.807) is 0 Å². The van der Waals surface area contributed by atoms with Crippen molar-refractivity contribution in [3.8, 4) is 5.75 Å². The normalized spacial score (nSPS) is 11.9. The van der Waals surface area contributed by atoms with E-state index in [1.165, 1.54) is 11.1 Å². The zero-order chi connectivity index (χ0) is 23.6. The summed E-state index contributed by atoms with van der Waals surface area (Å²) in [4.78, 5) is 2.30. The van der Waals surface area contributed by atoms with E-state index in [0.29, 0.717) is 13.2 Å². The van der Waals surface area contributed by atoms with E-state index >= 15 is 0 Å². The molecule has 4 nitrogen and oxygen atoms in total. The fraction of sp³-hybridized carbons (Fsp3) is 0.200. The van der Waals surface area contributed by atoms with Gasteiger partial charge >= 0.3 is 0 Å². The molecule has 1 unspecified atom stereocenters. The molecule has 0 heterocycles. The molecule has 0 spiro atoms. The van der Waals surface area contributed by atoms with Gasteiger partial charge in [0.1, 0.15) is 12.4 Å². The van der Waals surface area contributed by atoms with E-state index < -0.39 is 6.10 Å². The van der Waals surface area contributed by atoms with Crippen molar-refractivity contribution in [1.82, 2.24) is 4.90 Å². The van der Waals surface area contributed by atoms with Crippen LogP contribution in [0.3, 0.4) is 0 Å². The minimum Gasteiger partial charge on any atom is -0.489 e. The Bertz CT molecular complexity index is 1130. The van der Waals surface area contributed by atoms with Gasteiger partial charge in [0, 0.05) is 30.9 Å². The first kappa shape index (κ1) is 23.6. The second kappa shape index (κ2) is 12.0. The molecule has 4 aromatic carbocycles. The lowest BCUT2D eigenvalue weighted by Crippen LogP contribution is -2.30. The minimum atomic E-state index is -0.665. The number of benzene rings is 4. The van der Waals surface area contributed by atoms with E-state index in [-0.39, 0.29) is 0 Å². The topological polar surface area (TPSA) is 58.7 Å². The molecule has 34 heavy (non-hydrogen) atoms. The minimum absolute atomic E-state index is 0.468. The van der Waals surface area contributed by atoms with Gasteiger partial charge in [-0.3, -0.25) is 4.90 Å². The van der Waals surface area contributed by atoms with Gasteiger partial charge in [0.05, 0.1) is 6.10 Å². The van der Waals surface area contributed by atoms with Crippen LogP contribution in [0.25, 0.3) is 0 Å². The molecule has 4 heteroatoms. The largest absolute Gasteiger partial charge is 0.489 e. The Hall–Kier alpha value is -3.60. The van der Waals surface area contributed by atoms with Gasteiger partial charge < -0.3 is 15.6 Å². The molecule has 1 atom stereocenters. The molecule has 3 N–H and O–H groups in total. The van der Waals surface area contributed by atoms with Gasteiger partial charge in [-0.15, -0.1) is 0 Å². The summed E-state index contributed by atoms with van der Waals surface area (Å²) in [5, 5.41) is 11.2. The van der Waals surface area contributed by atoms with E-state index in [9.17, 15) is 5.11 Å². The van der Waals surface area contributed by atoms with Crippen LogP contribution in [-0.4, -0.2) is 23.1 Å². The molecule has 0 saturated heterocycles. The van der Waals surface area contributed by atoms with E-state index in [4.69, 9.17) is 10.5 Å². The van der Waals surface area contributed by atoms with Crippen molar-refractivity contribution in [2.75, 3.05) is 18.8 Å². The first-order valence-electron chi connectivity index (χ1n) is 11.7. The quantitative estimate of drug-likeness (QED) is 0.290. The highest BCUT2D eigenvalue weighted by Gasteiger charge is 2.18. The molecule has 0 aromatic heterocycles. The third-order valence-electron chi connectivity index (χ3n) is 5.89. The number of anilines is 1. The average Bonchev–Trinajstić information content (AvgIpc) is 2.88. The molecule has 0 bridgehead atoms. The molecule has 0 aliphatic carbocycles. The number of hydrogen-bond acceptors (Lipinski definition) is 4. The fourth-order valence-corrected chi connectivity index (χ4v) is 4.01. The number of hydrogen-bond donors (Lipinski definition) is 2. The highest BCUT2D eigenvalue weighted by molar-refractivity contribution is 5.39. The number of aliphatic hydroxyl groups excluding tert-OH is 1. The second-order valence-electron chi connectivity index (χ2n) is 8.54. The predicted molar refractivity (Wildman–Crippen MR) is 138 cm³/mol. The van der Waals surface area contributed by atoms with Crippen molar-refractivity contribution in [3.05, 3.63) is 131 Å². The second-order valence-corrected chi connectivity index (χ2v) is 8.54. The summed E-state index contributed by atoms with van der Waals surface area (Å²) in [6.45, 7) is 2.56. The number of nitrogens with two attached hydrogens (primary N) is 1. The summed E-state index contributed by atoms with van der Waals surface area (Å²) in [7, 11) is 0. The van der Waals surface area contributed by atoms with Crippen molar-refractivity contribution in [3.63, 3.8) is 0 Å². The van der Waals surface area contributed by atoms with Crippen LogP contribution >= 0.6 is 0 Å². The molecule has 0 aliphatic rings. The van der Waals surface area contributed by atoms with Crippen LogP contribution in [0.1, 0.15) is 28.4 Å². The summed E-state index contributed by atoms with van der Waals surface area (Å²) in [5.74, 6) is 0.719. The Morgan fingerprint density at radius 2 is 1.32 bits per heavy atom. The van der Waals surface area contributed by atoms with Crippen LogP contribution in [0.5, 0.6) is 5.75 Å². The van der Waals surface area contributed by atoms with Gasteiger partial charge in [0.15, 0.2) is 0 Å². The highest BCUT2D eigenvalue weighted by atomic mass is 16.5. The van der Waals surface area contributed by atoms with Crippen molar-refractivity contribution >= 4 is 5.69 Å². The Morgan fingerprint density at radius 3 is 2.03 bits per heavy atom. The fourth-order valence-electron chi connectivity index (χ4n) is 4.01. The van der Waals surface area contributed by atoms with Crippen LogP contribution in [0.4, 0.5) is 5.69 Å². The van der Waals surface area contributed by atoms with Crippen molar-refractivity contribution in [2.45, 2.75) is 25.7 Å². The van der Waals surface area contributed by atoms with Crippen molar-refractivity contribution in [2.24, 2.45) is 0 Å². The van der Waals surface area contributed by atoms with Crippen molar-refractivity contribution < 1.29 is 9.84 Å². The highest BCUT2D eigenvalue weighted by Crippen LogP contribution is 2.27. The van der Waals surface area contributed by atoms with Gasteiger partial charge in [-0.2, -0.15) is 0 Å². The van der Waals surface area contributed by atoms with Crippen LogP contribution < -0.4 is 10.5 Å². The third-order valence-corrected chi connectivity index (χ3v) is 5.89. The number of nitrogens with zero attached hydrogens (tertiary/aromatic N) is 1. The van der Waals surface area contributed by atoms with E-state index in [1.807, 2.05) is 72.8 Å². The zero-order valence-electron chi connectivity index (χ0n) is 19.4. The van der Waals surface area contributed by atoms with Gasteiger partial charge in [0.25, 0.3) is 0 Å². The number of para-hydroxylation sites is 1. The van der Waals surface area contributed by atoms with Gasteiger partial charge in [0.2, 0.25) is 0 Å². The number of aliphatic hydroxyl groups is 1. The lowest BCUT2D eigenvalue weighted by Gasteiger charge is -2.26. The van der Waals surface area contributed by atoms with Gasteiger partial charge in [-0.25, -0.2) is 0 Å². The number of rotatable bonds is 11. The standard InChI is InChI=1S/C30H32N2O2/c31-27-17-15-24(16-18-27)19-20-32(21-25-9-3-1-4-10-25)22-29(33)28-13-7-8-14-30(28)34-23-26-11-5-2-6-12-26/h1-18,29,33H,19-23,31H2. The van der Waals surface area contributed by atoms with Gasteiger partial charge in [-0.1, -0.05) is 91.0 Å². The first-order valence-corrected chi connectivity index (χ1v) is 11.7. The van der Waals surface area contributed by atoms with Crippen LogP contribution in [0, 0.1) is 0 Å². The maximum Gasteiger partial charge on any atom is 0.125 e.